The molecule has 0 atom stereocenters. The third-order valence-corrected chi connectivity index (χ3v) is 4.26. The molecular formula is C7H7IO3S. The molecule has 0 radical (unpaired) electrons. The van der Waals surface area contributed by atoms with E-state index in [1.807, 2.05) is 0 Å². The van der Waals surface area contributed by atoms with Crippen molar-refractivity contribution in [3.8, 4) is 0 Å². The average molecular weight is 298 g/mol. The van der Waals surface area contributed by atoms with E-state index in [9.17, 15) is 11.5 Å². The highest BCUT2D eigenvalue weighted by Crippen LogP contribution is 2.19. The third kappa shape index (κ3) is 2.10. The van der Waals surface area contributed by atoms with E-state index in [0.29, 0.717) is 3.57 Å². The van der Waals surface area contributed by atoms with Crippen LogP contribution in [0.15, 0.2) is 29.2 Å². The Bertz CT molecular complexity index is 397. The summed E-state index contributed by atoms with van der Waals surface area (Å²) in [6, 6.07) is 6.36. The van der Waals surface area contributed by atoms with Crippen LogP contribution < -0.4 is 0 Å². The van der Waals surface area contributed by atoms with Crippen molar-refractivity contribution in [2.45, 2.75) is 4.90 Å². The predicted molar refractivity (Wildman–Crippen MR) is 53.0 cm³/mol. The molecule has 66 valence electrons. The van der Waals surface area contributed by atoms with Gasteiger partial charge in [-0.3, -0.25) is 3.07 Å². The van der Waals surface area contributed by atoms with Crippen molar-refractivity contribution < 1.29 is 11.5 Å². The highest BCUT2D eigenvalue weighted by Gasteiger charge is 2.11. The number of benzene rings is 1. The van der Waals surface area contributed by atoms with Crippen LogP contribution >= 0.6 is 21.2 Å². The lowest BCUT2D eigenvalue weighted by Crippen LogP contribution is -1.99. The first kappa shape index (κ1) is 9.79. The van der Waals surface area contributed by atoms with Gasteiger partial charge in [-0.2, -0.15) is 0 Å². The van der Waals surface area contributed by atoms with E-state index < -0.39 is 31.0 Å². The standard InChI is InChI=1S/C7H7IO3S/c1-12(10,11)7-5-3-2-4-6(7)8-9/h2-5H,1H3. The molecule has 12 heavy (non-hydrogen) atoms. The molecule has 0 aliphatic carbocycles. The molecule has 1 aromatic carbocycles. The molecule has 0 fully saturated rings. The minimum absolute atomic E-state index is 0.188. The maximum atomic E-state index is 11.1. The molecule has 0 unspecified atom stereocenters. The van der Waals surface area contributed by atoms with Gasteiger partial charge < -0.3 is 0 Å². The van der Waals surface area contributed by atoms with Crippen LogP contribution in [-0.4, -0.2) is 14.7 Å². The molecular weight excluding hydrogens is 291 g/mol. The third-order valence-electron chi connectivity index (χ3n) is 1.32. The molecule has 0 spiro atoms. The van der Waals surface area contributed by atoms with Gasteiger partial charge >= 0.3 is 0 Å². The van der Waals surface area contributed by atoms with E-state index in [4.69, 9.17) is 0 Å². The van der Waals surface area contributed by atoms with E-state index in [2.05, 4.69) is 0 Å². The Morgan fingerprint density at radius 3 is 2.25 bits per heavy atom. The molecule has 1 rings (SSSR count). The Labute approximate surface area is 81.4 Å². The van der Waals surface area contributed by atoms with Crippen LogP contribution in [-0.2, 0) is 12.9 Å². The minimum atomic E-state index is -3.22. The molecule has 0 amide bonds. The fourth-order valence-corrected chi connectivity index (χ4v) is 3.72. The Hall–Kier alpha value is -0.300. The van der Waals surface area contributed by atoms with Gasteiger partial charge in [0.25, 0.3) is 0 Å². The summed E-state index contributed by atoms with van der Waals surface area (Å²) in [7, 11) is -3.22. The summed E-state index contributed by atoms with van der Waals surface area (Å²) >= 11 is -1.41. The normalized spacial score (nSPS) is 11.4. The fourth-order valence-electron chi connectivity index (χ4n) is 0.809. The molecule has 1 aromatic rings. The number of halogens is 1. The lowest BCUT2D eigenvalue weighted by Gasteiger charge is -1.98. The first-order valence-electron chi connectivity index (χ1n) is 3.12. The maximum Gasteiger partial charge on any atom is 0.183 e. The van der Waals surface area contributed by atoms with Gasteiger partial charge in [0, 0.05) is 6.26 Å². The van der Waals surface area contributed by atoms with Gasteiger partial charge in [-0.15, -0.1) is 0 Å². The van der Waals surface area contributed by atoms with E-state index in [1.54, 1.807) is 18.2 Å². The summed E-state index contributed by atoms with van der Waals surface area (Å²) in [5.41, 5.74) is 0. The van der Waals surface area contributed by atoms with Gasteiger partial charge in [0.1, 0.15) is 0 Å². The van der Waals surface area contributed by atoms with Crippen molar-refractivity contribution in [1.82, 2.24) is 0 Å². The first-order valence-corrected chi connectivity index (χ1v) is 6.97. The quantitative estimate of drug-likeness (QED) is 0.779. The van der Waals surface area contributed by atoms with E-state index in [0.717, 1.165) is 6.26 Å². The Morgan fingerprint density at radius 1 is 1.25 bits per heavy atom. The van der Waals surface area contributed by atoms with Crippen molar-refractivity contribution in [2.24, 2.45) is 0 Å². The summed E-state index contributed by atoms with van der Waals surface area (Å²) in [5, 5.41) is 0. The van der Waals surface area contributed by atoms with Crippen LogP contribution in [0.3, 0.4) is 0 Å². The summed E-state index contributed by atoms with van der Waals surface area (Å²) in [5.74, 6) is 0. The second-order valence-corrected chi connectivity index (χ2v) is 5.87. The molecule has 0 saturated heterocycles. The Morgan fingerprint density at radius 2 is 1.83 bits per heavy atom. The molecule has 0 saturated carbocycles. The van der Waals surface area contributed by atoms with Gasteiger partial charge in [0.2, 0.25) is 0 Å². The molecule has 0 bridgehead atoms. The summed E-state index contributed by atoms with van der Waals surface area (Å²) in [4.78, 5) is 0.188. The topological polar surface area (TPSA) is 51.2 Å². The van der Waals surface area contributed by atoms with Crippen LogP contribution in [0.4, 0.5) is 0 Å². The second kappa shape index (κ2) is 3.61. The molecule has 0 N–H and O–H groups in total. The van der Waals surface area contributed by atoms with Crippen molar-refractivity contribution in [3.63, 3.8) is 0 Å². The van der Waals surface area contributed by atoms with Crippen LogP contribution in [0, 0.1) is 3.57 Å². The Kier molecular flexibility index (Phi) is 2.94. The molecule has 0 aromatic heterocycles. The van der Waals surface area contributed by atoms with Crippen molar-refractivity contribution in [1.29, 1.82) is 0 Å². The number of hydrogen-bond donors (Lipinski definition) is 0. The fraction of sp³-hybridized carbons (Fsp3) is 0.143. The first-order chi connectivity index (χ1) is 5.55. The zero-order valence-electron chi connectivity index (χ0n) is 6.32. The average Bonchev–Trinajstić information content (AvgIpc) is 2.03. The second-order valence-electron chi connectivity index (χ2n) is 2.28. The SMILES string of the molecule is CS(=O)(=O)c1ccccc1I=O. The lowest BCUT2D eigenvalue weighted by atomic mass is 10.4. The number of rotatable bonds is 2. The monoisotopic (exact) mass is 298 g/mol. The summed E-state index contributed by atoms with van der Waals surface area (Å²) < 4.78 is 33.3. The largest absolute Gasteiger partial charge is 0.265 e. The zero-order valence-corrected chi connectivity index (χ0v) is 9.29. The van der Waals surface area contributed by atoms with Crippen LogP contribution in [0.1, 0.15) is 0 Å². The summed E-state index contributed by atoms with van der Waals surface area (Å²) in [6.45, 7) is 0. The maximum absolute atomic E-state index is 11.1. The van der Waals surface area contributed by atoms with E-state index in [1.165, 1.54) is 6.07 Å². The van der Waals surface area contributed by atoms with E-state index >= 15 is 0 Å². The smallest absolute Gasteiger partial charge is 0.183 e. The number of sulfone groups is 1. The van der Waals surface area contributed by atoms with Gasteiger partial charge in [-0.25, -0.2) is 8.42 Å². The van der Waals surface area contributed by atoms with Gasteiger partial charge in [-0.1, -0.05) is 12.1 Å². The molecule has 0 heterocycles. The van der Waals surface area contributed by atoms with Gasteiger partial charge in [0.05, 0.1) is 8.47 Å². The molecule has 0 aliphatic heterocycles. The van der Waals surface area contributed by atoms with E-state index in [-0.39, 0.29) is 4.90 Å². The Balaban J connectivity index is 3.43. The summed E-state index contributed by atoms with van der Waals surface area (Å²) in [6.07, 6.45) is 1.12. The van der Waals surface area contributed by atoms with Crippen molar-refractivity contribution >= 4 is 31.0 Å². The van der Waals surface area contributed by atoms with Crippen molar-refractivity contribution in [3.05, 3.63) is 27.8 Å². The van der Waals surface area contributed by atoms with Gasteiger partial charge in [0.15, 0.2) is 31.0 Å². The van der Waals surface area contributed by atoms with Gasteiger partial charge in [-0.05, 0) is 12.1 Å². The molecule has 5 heteroatoms. The lowest BCUT2D eigenvalue weighted by molar-refractivity contribution is 0.601. The predicted octanol–water partition coefficient (Wildman–Crippen LogP) is 1.58. The van der Waals surface area contributed by atoms with Crippen LogP contribution in [0.25, 0.3) is 0 Å². The van der Waals surface area contributed by atoms with Crippen molar-refractivity contribution in [2.75, 3.05) is 6.26 Å². The zero-order chi connectivity index (χ0) is 9.19. The molecule has 3 nitrogen and oxygen atoms in total. The molecule has 0 aliphatic rings. The van der Waals surface area contributed by atoms with Crippen LogP contribution in [0.5, 0.6) is 0 Å². The highest BCUT2D eigenvalue weighted by molar-refractivity contribution is 14.1. The van der Waals surface area contributed by atoms with Crippen LogP contribution in [0.2, 0.25) is 0 Å². The highest BCUT2D eigenvalue weighted by atomic mass is 127. The number of hydrogen-bond acceptors (Lipinski definition) is 3. The minimum Gasteiger partial charge on any atom is -0.265 e.